The van der Waals surface area contributed by atoms with Gasteiger partial charge in [0, 0.05) is 13.6 Å². The van der Waals surface area contributed by atoms with Gasteiger partial charge in [-0.15, -0.1) is 0 Å². The molecule has 0 radical (unpaired) electrons. The van der Waals surface area contributed by atoms with Crippen molar-refractivity contribution in [3.05, 3.63) is 17.3 Å². The number of guanidine groups is 1. The Kier molecular flexibility index (Phi) is 6.28. The van der Waals surface area contributed by atoms with E-state index >= 15 is 0 Å². The number of hydrogen-bond donors (Lipinski definition) is 2. The number of oxazole rings is 1. The molecule has 0 aromatic carbocycles. The van der Waals surface area contributed by atoms with Crippen molar-refractivity contribution >= 4 is 5.96 Å². The first-order valence-electron chi connectivity index (χ1n) is 8.46. The van der Waals surface area contributed by atoms with E-state index in [0.29, 0.717) is 12.4 Å². The molecule has 0 spiro atoms. The quantitative estimate of drug-likeness (QED) is 0.648. The molecule has 1 aliphatic rings. The van der Waals surface area contributed by atoms with E-state index in [1.807, 2.05) is 13.8 Å². The van der Waals surface area contributed by atoms with Crippen molar-refractivity contribution in [2.24, 2.45) is 16.8 Å². The van der Waals surface area contributed by atoms with Crippen molar-refractivity contribution in [3.8, 4) is 0 Å². The lowest BCUT2D eigenvalue weighted by atomic mass is 9.81. The average Bonchev–Trinajstić information content (AvgIpc) is 2.81. The Morgan fingerprint density at radius 1 is 1.32 bits per heavy atom. The van der Waals surface area contributed by atoms with Crippen LogP contribution in [0.4, 0.5) is 0 Å². The summed E-state index contributed by atoms with van der Waals surface area (Å²) in [7, 11) is 1.80. The van der Waals surface area contributed by atoms with Crippen molar-refractivity contribution in [1.82, 2.24) is 15.6 Å². The lowest BCUT2D eigenvalue weighted by molar-refractivity contribution is 0.270. The summed E-state index contributed by atoms with van der Waals surface area (Å²) in [6, 6.07) is 0. The van der Waals surface area contributed by atoms with E-state index in [-0.39, 0.29) is 0 Å². The van der Waals surface area contributed by atoms with Crippen molar-refractivity contribution < 1.29 is 4.42 Å². The van der Waals surface area contributed by atoms with Crippen LogP contribution in [0.2, 0.25) is 0 Å². The van der Waals surface area contributed by atoms with Crippen molar-refractivity contribution in [3.63, 3.8) is 0 Å². The van der Waals surface area contributed by atoms with Crippen LogP contribution in [0, 0.1) is 25.7 Å². The highest BCUT2D eigenvalue weighted by molar-refractivity contribution is 5.79. The van der Waals surface area contributed by atoms with Gasteiger partial charge in [0.2, 0.25) is 5.89 Å². The van der Waals surface area contributed by atoms with Crippen LogP contribution in [0.1, 0.15) is 56.4 Å². The van der Waals surface area contributed by atoms with E-state index in [2.05, 4.69) is 27.5 Å². The summed E-state index contributed by atoms with van der Waals surface area (Å²) in [5.41, 5.74) is 0.950. The zero-order valence-electron chi connectivity index (χ0n) is 14.4. The molecule has 2 rings (SSSR count). The van der Waals surface area contributed by atoms with Gasteiger partial charge in [0.1, 0.15) is 5.76 Å². The van der Waals surface area contributed by atoms with E-state index in [1.54, 1.807) is 7.05 Å². The molecule has 22 heavy (non-hydrogen) atoms. The van der Waals surface area contributed by atoms with Crippen LogP contribution in [0.25, 0.3) is 0 Å². The normalized spacial score (nSPS) is 22.6. The standard InChI is InChI=1S/C17H30N4O/c1-12-6-5-7-15(10-12)8-9-19-17(18-4)20-11-16-21-13(2)14(3)22-16/h12,15H,5-11H2,1-4H3,(H2,18,19,20). The Morgan fingerprint density at radius 2 is 2.14 bits per heavy atom. The monoisotopic (exact) mass is 306 g/mol. The lowest BCUT2D eigenvalue weighted by Gasteiger charge is -2.26. The number of rotatable bonds is 5. The van der Waals surface area contributed by atoms with Crippen LogP contribution < -0.4 is 10.6 Å². The maximum absolute atomic E-state index is 5.56. The average molecular weight is 306 g/mol. The second-order valence-electron chi connectivity index (χ2n) is 6.53. The summed E-state index contributed by atoms with van der Waals surface area (Å²) < 4.78 is 5.56. The molecule has 5 nitrogen and oxygen atoms in total. The summed E-state index contributed by atoms with van der Waals surface area (Å²) in [4.78, 5) is 8.62. The molecule has 1 aliphatic carbocycles. The van der Waals surface area contributed by atoms with Crippen LogP contribution >= 0.6 is 0 Å². The second-order valence-corrected chi connectivity index (χ2v) is 6.53. The molecule has 0 bridgehead atoms. The highest BCUT2D eigenvalue weighted by Crippen LogP contribution is 2.30. The molecule has 1 fully saturated rings. The molecule has 124 valence electrons. The van der Waals surface area contributed by atoms with Crippen LogP contribution in [0.3, 0.4) is 0 Å². The van der Waals surface area contributed by atoms with Gasteiger partial charge in [-0.2, -0.15) is 0 Å². The van der Waals surface area contributed by atoms with Crippen LogP contribution in [0.5, 0.6) is 0 Å². The van der Waals surface area contributed by atoms with Crippen molar-refractivity contribution in [2.75, 3.05) is 13.6 Å². The fourth-order valence-corrected chi connectivity index (χ4v) is 3.21. The lowest BCUT2D eigenvalue weighted by Crippen LogP contribution is -2.38. The Morgan fingerprint density at radius 3 is 2.77 bits per heavy atom. The molecule has 1 saturated carbocycles. The third-order valence-corrected chi connectivity index (χ3v) is 4.59. The fourth-order valence-electron chi connectivity index (χ4n) is 3.21. The van der Waals surface area contributed by atoms with E-state index in [0.717, 1.165) is 35.8 Å². The number of aryl methyl sites for hydroxylation is 2. The summed E-state index contributed by atoms with van der Waals surface area (Å²) in [5, 5.41) is 6.65. The molecule has 1 heterocycles. The van der Waals surface area contributed by atoms with Crippen LogP contribution in [-0.4, -0.2) is 24.5 Å². The predicted molar refractivity (Wildman–Crippen MR) is 89.9 cm³/mol. The molecule has 2 unspecified atom stereocenters. The molecular weight excluding hydrogens is 276 g/mol. The molecule has 5 heteroatoms. The summed E-state index contributed by atoms with van der Waals surface area (Å²) in [6.45, 7) is 7.81. The number of hydrogen-bond acceptors (Lipinski definition) is 3. The van der Waals surface area contributed by atoms with Gasteiger partial charge < -0.3 is 15.1 Å². The molecular formula is C17H30N4O. The Labute approximate surface area is 134 Å². The number of nitrogens with one attached hydrogen (secondary N) is 2. The minimum Gasteiger partial charge on any atom is -0.444 e. The zero-order chi connectivity index (χ0) is 15.9. The Bertz CT molecular complexity index is 475. The minimum atomic E-state index is 0.564. The third kappa shape index (κ3) is 5.04. The largest absolute Gasteiger partial charge is 0.444 e. The first-order chi connectivity index (χ1) is 10.6. The van der Waals surface area contributed by atoms with E-state index < -0.39 is 0 Å². The van der Waals surface area contributed by atoms with E-state index in [9.17, 15) is 0 Å². The van der Waals surface area contributed by atoms with Gasteiger partial charge in [-0.1, -0.05) is 26.2 Å². The molecule has 2 atom stereocenters. The van der Waals surface area contributed by atoms with Gasteiger partial charge in [0.15, 0.2) is 5.96 Å². The number of nitrogens with zero attached hydrogens (tertiary/aromatic N) is 2. The predicted octanol–water partition coefficient (Wildman–Crippen LogP) is 3.17. The first-order valence-corrected chi connectivity index (χ1v) is 8.46. The third-order valence-electron chi connectivity index (χ3n) is 4.59. The van der Waals surface area contributed by atoms with Gasteiger partial charge in [0.25, 0.3) is 0 Å². The van der Waals surface area contributed by atoms with Crippen LogP contribution in [-0.2, 0) is 6.54 Å². The summed E-state index contributed by atoms with van der Waals surface area (Å²) in [5.74, 6) is 4.17. The minimum absolute atomic E-state index is 0.564. The van der Waals surface area contributed by atoms with Gasteiger partial charge in [-0.25, -0.2) is 4.98 Å². The van der Waals surface area contributed by atoms with E-state index in [1.165, 1.54) is 32.1 Å². The van der Waals surface area contributed by atoms with Crippen molar-refractivity contribution in [2.45, 2.75) is 59.4 Å². The number of aromatic nitrogens is 1. The molecule has 1 aromatic rings. The van der Waals surface area contributed by atoms with Crippen LogP contribution in [0.15, 0.2) is 9.41 Å². The van der Waals surface area contributed by atoms with Gasteiger partial charge >= 0.3 is 0 Å². The molecule has 2 N–H and O–H groups in total. The Hall–Kier alpha value is -1.52. The fraction of sp³-hybridized carbons (Fsp3) is 0.765. The topological polar surface area (TPSA) is 62.5 Å². The smallest absolute Gasteiger partial charge is 0.214 e. The summed E-state index contributed by atoms with van der Waals surface area (Å²) >= 11 is 0. The van der Waals surface area contributed by atoms with Gasteiger partial charge in [0.05, 0.1) is 12.2 Å². The van der Waals surface area contributed by atoms with E-state index in [4.69, 9.17) is 4.42 Å². The second kappa shape index (κ2) is 8.20. The van der Waals surface area contributed by atoms with Crippen molar-refractivity contribution in [1.29, 1.82) is 0 Å². The summed E-state index contributed by atoms with van der Waals surface area (Å²) in [6.07, 6.45) is 6.78. The SMILES string of the molecule is CN=C(NCCC1CCCC(C)C1)NCc1nc(C)c(C)o1. The Balaban J connectivity index is 1.69. The maximum Gasteiger partial charge on any atom is 0.214 e. The number of aliphatic imine (C=N–C) groups is 1. The van der Waals surface area contributed by atoms with Gasteiger partial charge in [-0.3, -0.25) is 4.99 Å². The zero-order valence-corrected chi connectivity index (χ0v) is 14.4. The highest BCUT2D eigenvalue weighted by atomic mass is 16.4. The molecule has 1 aromatic heterocycles. The maximum atomic E-state index is 5.56. The highest BCUT2D eigenvalue weighted by Gasteiger charge is 2.18. The molecule has 0 aliphatic heterocycles. The molecule has 0 amide bonds. The molecule has 0 saturated heterocycles. The first kappa shape index (κ1) is 16.8. The van der Waals surface area contributed by atoms with Gasteiger partial charge in [-0.05, 0) is 38.5 Å².